The van der Waals surface area contributed by atoms with Crippen molar-refractivity contribution in [3.8, 4) is 0 Å². The van der Waals surface area contributed by atoms with Gasteiger partial charge in [0.15, 0.2) is 0 Å². The van der Waals surface area contributed by atoms with E-state index in [2.05, 4.69) is 10.2 Å². The van der Waals surface area contributed by atoms with Gasteiger partial charge in [-0.2, -0.15) is 0 Å². The molecule has 6 rings (SSSR count). The zero-order valence-electron chi connectivity index (χ0n) is 22.1. The summed E-state index contributed by atoms with van der Waals surface area (Å²) in [6, 6.07) is 21.6. The second kappa shape index (κ2) is 11.0. The number of nitro benzene ring substituents is 1. The largest absolute Gasteiger partial charge is 0.376 e. The third-order valence-corrected chi connectivity index (χ3v) is 7.89. The van der Waals surface area contributed by atoms with Crippen molar-refractivity contribution in [2.75, 3.05) is 49.5 Å². The highest BCUT2D eigenvalue weighted by molar-refractivity contribution is 6.00. The minimum Gasteiger partial charge on any atom is -0.376 e. The first-order chi connectivity index (χ1) is 19.5. The molecule has 0 aromatic heterocycles. The molecule has 0 saturated carbocycles. The lowest BCUT2D eigenvalue weighted by Gasteiger charge is -2.36. The van der Waals surface area contributed by atoms with Crippen molar-refractivity contribution in [3.05, 3.63) is 99.6 Å². The third-order valence-electron chi connectivity index (χ3n) is 7.89. The van der Waals surface area contributed by atoms with Crippen LogP contribution in [0.25, 0.3) is 0 Å². The van der Waals surface area contributed by atoms with Gasteiger partial charge in [-0.05, 0) is 49.2 Å². The normalized spacial score (nSPS) is 20.5. The van der Waals surface area contributed by atoms with Crippen molar-refractivity contribution in [1.82, 2.24) is 9.80 Å². The molecular weight excluding hydrogens is 510 g/mol. The molecule has 0 radical (unpaired) electrons. The molecule has 10 heteroatoms. The van der Waals surface area contributed by atoms with Gasteiger partial charge < -0.3 is 24.8 Å². The molecule has 2 unspecified atom stereocenters. The number of fused-ring (bicyclic) bond motifs is 1. The topological polar surface area (TPSA) is 108 Å². The number of nitrogens with one attached hydrogen (secondary N) is 1. The number of carbonyl (C=O) groups excluding carboxylic acids is 2. The van der Waals surface area contributed by atoms with Crippen molar-refractivity contribution in [3.63, 3.8) is 0 Å². The summed E-state index contributed by atoms with van der Waals surface area (Å²) in [5.41, 5.74) is 3.93. The molecule has 3 heterocycles. The Morgan fingerprint density at radius 2 is 1.77 bits per heavy atom. The summed E-state index contributed by atoms with van der Waals surface area (Å²) in [7, 11) is 0. The smallest absolute Gasteiger partial charge is 0.269 e. The molecule has 3 aliphatic rings. The Hall–Kier alpha value is -4.44. The predicted molar refractivity (Wildman–Crippen MR) is 150 cm³/mol. The van der Waals surface area contributed by atoms with Crippen molar-refractivity contribution in [2.24, 2.45) is 0 Å². The minimum absolute atomic E-state index is 0.0123. The van der Waals surface area contributed by atoms with E-state index in [1.165, 1.54) is 12.1 Å². The summed E-state index contributed by atoms with van der Waals surface area (Å²) in [6.45, 7) is 3.62. The van der Waals surface area contributed by atoms with Gasteiger partial charge in [0.1, 0.15) is 6.17 Å². The molecule has 2 saturated heterocycles. The predicted octanol–water partition coefficient (Wildman–Crippen LogP) is 4.30. The monoisotopic (exact) mass is 541 g/mol. The van der Waals surface area contributed by atoms with Crippen molar-refractivity contribution in [2.45, 2.75) is 25.1 Å². The van der Waals surface area contributed by atoms with Gasteiger partial charge in [-0.15, -0.1) is 0 Å². The van der Waals surface area contributed by atoms with E-state index >= 15 is 0 Å². The van der Waals surface area contributed by atoms with E-state index in [1.807, 2.05) is 58.3 Å². The number of rotatable bonds is 7. The van der Waals surface area contributed by atoms with Gasteiger partial charge in [-0.25, -0.2) is 0 Å². The van der Waals surface area contributed by atoms with Crippen LogP contribution in [0.15, 0.2) is 72.8 Å². The van der Waals surface area contributed by atoms with Crippen LogP contribution in [0.2, 0.25) is 0 Å². The molecule has 2 atom stereocenters. The summed E-state index contributed by atoms with van der Waals surface area (Å²) >= 11 is 0. The van der Waals surface area contributed by atoms with Crippen LogP contribution >= 0.6 is 0 Å². The molecule has 3 aromatic carbocycles. The number of nitrogens with zero attached hydrogens (tertiary/aromatic N) is 4. The average molecular weight is 542 g/mol. The Kier molecular flexibility index (Phi) is 7.08. The highest BCUT2D eigenvalue weighted by Gasteiger charge is 2.38. The Labute approximate surface area is 232 Å². The molecule has 0 bridgehead atoms. The van der Waals surface area contributed by atoms with E-state index in [0.717, 1.165) is 36.4 Å². The lowest BCUT2D eigenvalue weighted by Crippen LogP contribution is -2.48. The summed E-state index contributed by atoms with van der Waals surface area (Å²) in [6.07, 6.45) is 1.63. The van der Waals surface area contributed by atoms with E-state index in [9.17, 15) is 19.7 Å². The summed E-state index contributed by atoms with van der Waals surface area (Å²) in [5.74, 6) is -0.0622. The molecule has 3 aliphatic heterocycles. The molecule has 0 spiro atoms. The van der Waals surface area contributed by atoms with E-state index in [-0.39, 0.29) is 29.8 Å². The van der Waals surface area contributed by atoms with Gasteiger partial charge >= 0.3 is 0 Å². The maximum atomic E-state index is 13.4. The maximum Gasteiger partial charge on any atom is 0.269 e. The van der Waals surface area contributed by atoms with E-state index in [1.54, 1.807) is 12.1 Å². The molecule has 10 nitrogen and oxygen atoms in total. The average Bonchev–Trinajstić information content (AvgIpc) is 3.60. The molecule has 40 heavy (non-hydrogen) atoms. The fraction of sp³-hybridized carbons (Fsp3) is 0.333. The molecule has 3 aromatic rings. The zero-order valence-corrected chi connectivity index (χ0v) is 22.1. The zero-order chi connectivity index (χ0) is 27.6. The number of ether oxygens (including phenoxy) is 1. The number of piperazine rings is 1. The Balaban J connectivity index is 1.14. The van der Waals surface area contributed by atoms with Gasteiger partial charge in [0, 0.05) is 79.5 Å². The Morgan fingerprint density at radius 3 is 2.50 bits per heavy atom. The van der Waals surface area contributed by atoms with Gasteiger partial charge in [0.05, 0.1) is 11.0 Å². The second-order valence-corrected chi connectivity index (χ2v) is 10.4. The van der Waals surface area contributed by atoms with E-state index in [0.29, 0.717) is 43.9 Å². The lowest BCUT2D eigenvalue weighted by molar-refractivity contribution is -0.384. The quantitative estimate of drug-likeness (QED) is 0.351. The number of carbonyl (C=O) groups is 2. The van der Waals surface area contributed by atoms with Crippen LogP contribution in [0.3, 0.4) is 0 Å². The minimum atomic E-state index is -0.408. The number of amides is 2. The van der Waals surface area contributed by atoms with Crippen LogP contribution in [0.5, 0.6) is 0 Å². The number of nitro groups is 1. The SMILES string of the molecule is O=C(c1cccc(NC2c3ccccc3C(=O)N2CC2CCCO2)c1)N1CCN(c2ccc([N+](=O)[O-])cc2)CC1. The van der Waals surface area contributed by atoms with Crippen LogP contribution in [0, 0.1) is 10.1 Å². The van der Waals surface area contributed by atoms with E-state index in [4.69, 9.17) is 4.74 Å². The number of hydrogen-bond donors (Lipinski definition) is 1. The fourth-order valence-electron chi connectivity index (χ4n) is 5.76. The lowest BCUT2D eigenvalue weighted by atomic mass is 10.1. The highest BCUT2D eigenvalue weighted by Crippen LogP contribution is 2.35. The summed E-state index contributed by atoms with van der Waals surface area (Å²) in [5, 5.41) is 14.5. The number of benzene rings is 3. The van der Waals surface area contributed by atoms with Crippen molar-refractivity contribution >= 4 is 28.9 Å². The van der Waals surface area contributed by atoms with Gasteiger partial charge in [0.2, 0.25) is 0 Å². The first kappa shape index (κ1) is 25.8. The molecular formula is C30H31N5O5. The Morgan fingerprint density at radius 1 is 1.00 bits per heavy atom. The first-order valence-electron chi connectivity index (χ1n) is 13.6. The van der Waals surface area contributed by atoms with Crippen LogP contribution in [0.1, 0.15) is 45.3 Å². The number of anilines is 2. The van der Waals surface area contributed by atoms with Crippen LogP contribution in [-0.4, -0.2) is 72.0 Å². The van der Waals surface area contributed by atoms with E-state index < -0.39 is 4.92 Å². The van der Waals surface area contributed by atoms with Gasteiger partial charge in [-0.1, -0.05) is 24.3 Å². The van der Waals surface area contributed by atoms with Crippen LogP contribution in [0.4, 0.5) is 17.1 Å². The molecule has 0 aliphatic carbocycles. The molecule has 2 fully saturated rings. The Bertz CT molecular complexity index is 1410. The van der Waals surface area contributed by atoms with Crippen molar-refractivity contribution in [1.29, 1.82) is 0 Å². The number of hydrogen-bond acceptors (Lipinski definition) is 7. The summed E-state index contributed by atoms with van der Waals surface area (Å²) < 4.78 is 5.83. The first-order valence-corrected chi connectivity index (χ1v) is 13.6. The molecule has 2 amide bonds. The maximum absolute atomic E-state index is 13.4. The third kappa shape index (κ3) is 5.10. The van der Waals surface area contributed by atoms with Gasteiger partial charge in [0.25, 0.3) is 17.5 Å². The van der Waals surface area contributed by atoms with Crippen molar-refractivity contribution < 1.29 is 19.2 Å². The molecule has 1 N–H and O–H groups in total. The van der Waals surface area contributed by atoms with Gasteiger partial charge in [-0.3, -0.25) is 19.7 Å². The standard InChI is InChI=1S/C30H31N5O5/c36-29(33-16-14-32(15-17-33)23-10-12-24(13-11-23)35(38)39)21-5-3-6-22(19-21)31-28-26-8-1-2-9-27(26)30(37)34(28)20-25-7-4-18-40-25/h1-3,5-6,8-13,19,25,28,31H,4,7,14-18,20H2. The highest BCUT2D eigenvalue weighted by atomic mass is 16.6. The fourth-order valence-corrected chi connectivity index (χ4v) is 5.76. The molecule has 206 valence electrons. The van der Waals surface area contributed by atoms with Crippen LogP contribution in [-0.2, 0) is 4.74 Å². The summed E-state index contributed by atoms with van der Waals surface area (Å²) in [4.78, 5) is 43.0. The number of non-ortho nitro benzene ring substituents is 1. The second-order valence-electron chi connectivity index (χ2n) is 10.4. The van der Waals surface area contributed by atoms with Crippen LogP contribution < -0.4 is 10.2 Å².